The number of nitrogens with zero attached hydrogens (tertiary/aromatic N) is 2. The molecule has 0 aliphatic heterocycles. The SMILES string of the molecule is CCC(=O)NC(=Nc1cc(Oc2ccccc2)ccc1N(C(N)=O)c1ccccc1)NC(=O)OC. The summed E-state index contributed by atoms with van der Waals surface area (Å²) in [7, 11) is 1.18. The van der Waals surface area contributed by atoms with E-state index in [1.54, 1.807) is 67.6 Å². The van der Waals surface area contributed by atoms with Gasteiger partial charge in [-0.15, -0.1) is 0 Å². The molecule has 0 fully saturated rings. The summed E-state index contributed by atoms with van der Waals surface area (Å²) in [6.07, 6.45) is -0.697. The molecule has 10 nitrogen and oxygen atoms in total. The minimum absolute atomic E-state index is 0.142. The van der Waals surface area contributed by atoms with Crippen molar-refractivity contribution in [3.05, 3.63) is 78.9 Å². The van der Waals surface area contributed by atoms with Crippen LogP contribution in [0.4, 0.5) is 26.7 Å². The van der Waals surface area contributed by atoms with Crippen molar-refractivity contribution in [2.24, 2.45) is 10.7 Å². The zero-order valence-corrected chi connectivity index (χ0v) is 19.2. The average Bonchev–Trinajstić information content (AvgIpc) is 2.86. The largest absolute Gasteiger partial charge is 0.457 e. The van der Waals surface area contributed by atoms with Crippen molar-refractivity contribution in [2.45, 2.75) is 13.3 Å². The van der Waals surface area contributed by atoms with Gasteiger partial charge in [0.05, 0.1) is 24.2 Å². The Balaban J connectivity index is 2.14. The summed E-state index contributed by atoms with van der Waals surface area (Å²) in [4.78, 5) is 42.0. The zero-order valence-electron chi connectivity index (χ0n) is 19.2. The van der Waals surface area contributed by atoms with Crippen molar-refractivity contribution in [1.82, 2.24) is 10.6 Å². The first kappa shape index (κ1) is 24.8. The number of ether oxygens (including phenoxy) is 2. The number of carbonyl (C=O) groups is 3. The number of benzene rings is 3. The monoisotopic (exact) mass is 475 g/mol. The van der Waals surface area contributed by atoms with Crippen LogP contribution in [0.15, 0.2) is 83.9 Å². The minimum Gasteiger partial charge on any atom is -0.457 e. The molecule has 0 unspecified atom stereocenters. The lowest BCUT2D eigenvalue weighted by Gasteiger charge is -2.23. The van der Waals surface area contributed by atoms with E-state index < -0.39 is 18.0 Å². The fraction of sp³-hybridized carbons (Fsp3) is 0.120. The third kappa shape index (κ3) is 6.81. The number of nitrogens with two attached hydrogens (primary N) is 1. The highest BCUT2D eigenvalue weighted by atomic mass is 16.5. The number of carbonyl (C=O) groups excluding carboxylic acids is 3. The van der Waals surface area contributed by atoms with Crippen LogP contribution in [0.25, 0.3) is 0 Å². The number of anilines is 2. The predicted molar refractivity (Wildman–Crippen MR) is 132 cm³/mol. The van der Waals surface area contributed by atoms with E-state index in [2.05, 4.69) is 20.4 Å². The first-order valence-corrected chi connectivity index (χ1v) is 10.7. The third-order valence-corrected chi connectivity index (χ3v) is 4.62. The Hall–Kier alpha value is -4.86. The van der Waals surface area contributed by atoms with Gasteiger partial charge >= 0.3 is 12.1 Å². The van der Waals surface area contributed by atoms with E-state index in [1.807, 2.05) is 18.2 Å². The number of nitrogens with one attached hydrogen (secondary N) is 2. The van der Waals surface area contributed by atoms with Gasteiger partial charge in [0.25, 0.3) is 0 Å². The van der Waals surface area contributed by atoms with E-state index in [-0.39, 0.29) is 18.1 Å². The maximum absolute atomic E-state index is 12.5. The Kier molecular flexibility index (Phi) is 8.38. The second-order valence-corrected chi connectivity index (χ2v) is 7.05. The molecule has 3 aromatic carbocycles. The van der Waals surface area contributed by atoms with Crippen LogP contribution in [0.5, 0.6) is 11.5 Å². The molecule has 10 heteroatoms. The number of hydrogen-bond donors (Lipinski definition) is 3. The molecule has 35 heavy (non-hydrogen) atoms. The summed E-state index contributed by atoms with van der Waals surface area (Å²) in [5.41, 5.74) is 6.68. The van der Waals surface area contributed by atoms with Crippen LogP contribution >= 0.6 is 0 Å². The standard InChI is InChI=1S/C25H25N5O5/c1-3-22(31)28-24(29-25(33)34-2)27-20-16-19(35-18-12-8-5-9-13-18)14-15-21(20)30(23(26)32)17-10-6-4-7-11-17/h4-16H,3H2,1-2H3,(H2,26,32)(H2,27,28,29,31,33). The smallest absolute Gasteiger partial charge is 0.413 e. The highest BCUT2D eigenvalue weighted by Crippen LogP contribution is 2.38. The van der Waals surface area contributed by atoms with Gasteiger partial charge in [-0.1, -0.05) is 43.3 Å². The van der Waals surface area contributed by atoms with Crippen molar-refractivity contribution in [1.29, 1.82) is 0 Å². The van der Waals surface area contributed by atoms with E-state index in [0.717, 1.165) is 0 Å². The number of amides is 4. The van der Waals surface area contributed by atoms with Crippen molar-refractivity contribution >= 4 is 41.1 Å². The lowest BCUT2D eigenvalue weighted by molar-refractivity contribution is -0.119. The number of rotatable bonds is 6. The molecule has 0 saturated carbocycles. The molecule has 180 valence electrons. The van der Waals surface area contributed by atoms with Gasteiger partial charge in [0.1, 0.15) is 11.5 Å². The summed E-state index contributed by atoms with van der Waals surface area (Å²) in [5, 5.41) is 4.87. The molecule has 3 aromatic rings. The highest BCUT2D eigenvalue weighted by Gasteiger charge is 2.20. The molecular formula is C25H25N5O5. The first-order chi connectivity index (χ1) is 16.9. The lowest BCUT2D eigenvalue weighted by atomic mass is 10.2. The average molecular weight is 476 g/mol. The molecule has 0 spiro atoms. The van der Waals surface area contributed by atoms with E-state index in [9.17, 15) is 14.4 Å². The van der Waals surface area contributed by atoms with Crippen LogP contribution in [-0.4, -0.2) is 31.1 Å². The Morgan fingerprint density at radius 2 is 1.57 bits per heavy atom. The van der Waals surface area contributed by atoms with Crippen molar-refractivity contribution in [3.8, 4) is 11.5 Å². The van der Waals surface area contributed by atoms with Crippen LogP contribution in [0.3, 0.4) is 0 Å². The fourth-order valence-corrected chi connectivity index (χ4v) is 3.01. The predicted octanol–water partition coefficient (Wildman–Crippen LogP) is 4.57. The van der Waals surface area contributed by atoms with E-state index >= 15 is 0 Å². The number of urea groups is 1. The summed E-state index contributed by atoms with van der Waals surface area (Å²) in [5.74, 6) is 0.389. The number of aliphatic imine (C=N–C) groups is 1. The molecular weight excluding hydrogens is 450 g/mol. The first-order valence-electron chi connectivity index (χ1n) is 10.7. The van der Waals surface area contributed by atoms with Gasteiger partial charge < -0.3 is 15.2 Å². The van der Waals surface area contributed by atoms with Crippen LogP contribution in [0, 0.1) is 0 Å². The number of methoxy groups -OCH3 is 1. The third-order valence-electron chi connectivity index (χ3n) is 4.62. The van der Waals surface area contributed by atoms with E-state index in [0.29, 0.717) is 22.9 Å². The Labute approximate surface area is 202 Å². The molecule has 0 heterocycles. The van der Waals surface area contributed by atoms with Gasteiger partial charge in [-0.05, 0) is 36.4 Å². The number of para-hydroxylation sites is 2. The molecule has 4 amide bonds. The van der Waals surface area contributed by atoms with Crippen molar-refractivity contribution in [2.75, 3.05) is 12.0 Å². The number of alkyl carbamates (subject to hydrolysis) is 1. The summed E-state index contributed by atoms with van der Waals surface area (Å²) >= 11 is 0. The van der Waals surface area contributed by atoms with Gasteiger partial charge in [0.2, 0.25) is 11.9 Å². The normalized spacial score (nSPS) is 10.7. The minimum atomic E-state index is -0.840. The lowest BCUT2D eigenvalue weighted by Crippen LogP contribution is -2.43. The second kappa shape index (κ2) is 11.8. The van der Waals surface area contributed by atoms with Gasteiger partial charge in [-0.25, -0.2) is 14.6 Å². The highest BCUT2D eigenvalue weighted by molar-refractivity contribution is 6.06. The molecule has 0 atom stereocenters. The zero-order chi connectivity index (χ0) is 25.2. The van der Waals surface area contributed by atoms with Crippen molar-refractivity contribution in [3.63, 3.8) is 0 Å². The van der Waals surface area contributed by atoms with Crippen LogP contribution in [0.1, 0.15) is 13.3 Å². The molecule has 0 radical (unpaired) electrons. The van der Waals surface area contributed by atoms with Crippen LogP contribution < -0.4 is 26.0 Å². The Bertz CT molecular complexity index is 1200. The molecule has 0 aliphatic carbocycles. The van der Waals surface area contributed by atoms with Gasteiger partial charge in [-0.3, -0.25) is 20.3 Å². The summed E-state index contributed by atoms with van der Waals surface area (Å²) < 4.78 is 10.5. The molecule has 3 rings (SSSR count). The summed E-state index contributed by atoms with van der Waals surface area (Å²) in [6, 6.07) is 21.8. The topological polar surface area (TPSA) is 135 Å². The second-order valence-electron chi connectivity index (χ2n) is 7.05. The number of primary amides is 1. The maximum atomic E-state index is 12.5. The van der Waals surface area contributed by atoms with Crippen LogP contribution in [-0.2, 0) is 9.53 Å². The molecule has 0 saturated heterocycles. The quantitative estimate of drug-likeness (QED) is 0.355. The summed E-state index contributed by atoms with van der Waals surface area (Å²) in [6.45, 7) is 1.65. The number of guanidine groups is 1. The van der Waals surface area contributed by atoms with Crippen LogP contribution in [0.2, 0.25) is 0 Å². The van der Waals surface area contributed by atoms with Gasteiger partial charge in [-0.2, -0.15) is 0 Å². The Morgan fingerprint density at radius 3 is 2.17 bits per heavy atom. The molecule has 0 aromatic heterocycles. The fourth-order valence-electron chi connectivity index (χ4n) is 3.01. The number of hydrogen-bond acceptors (Lipinski definition) is 6. The maximum Gasteiger partial charge on any atom is 0.413 e. The van der Waals surface area contributed by atoms with Gasteiger partial charge in [0, 0.05) is 12.5 Å². The molecule has 4 N–H and O–H groups in total. The van der Waals surface area contributed by atoms with Gasteiger partial charge in [0.15, 0.2) is 0 Å². The van der Waals surface area contributed by atoms with E-state index in [4.69, 9.17) is 10.5 Å². The van der Waals surface area contributed by atoms with Crippen molar-refractivity contribution < 1.29 is 23.9 Å². The molecule has 0 bridgehead atoms. The van der Waals surface area contributed by atoms with E-state index in [1.165, 1.54) is 12.0 Å². The Morgan fingerprint density at radius 1 is 0.914 bits per heavy atom. The molecule has 0 aliphatic rings.